The Kier molecular flexibility index (Phi) is 1.93. The summed E-state index contributed by atoms with van der Waals surface area (Å²) in [7, 11) is 1.37. The predicted octanol–water partition coefficient (Wildman–Crippen LogP) is 1.64. The van der Waals surface area contributed by atoms with Crippen molar-refractivity contribution in [1.82, 2.24) is 5.32 Å². The van der Waals surface area contributed by atoms with Gasteiger partial charge >= 0.3 is 6.09 Å². The van der Waals surface area contributed by atoms with Gasteiger partial charge in [0.15, 0.2) is 0 Å². The smallest absolute Gasteiger partial charge is 0.407 e. The van der Waals surface area contributed by atoms with Crippen LogP contribution >= 0.6 is 0 Å². The molecule has 0 aliphatic heterocycles. The minimum absolute atomic E-state index is 0.142. The molecule has 0 bridgehead atoms. The van der Waals surface area contributed by atoms with Gasteiger partial charge in [-0.1, -0.05) is 24.3 Å². The van der Waals surface area contributed by atoms with E-state index in [0.717, 1.165) is 6.42 Å². The van der Waals surface area contributed by atoms with Gasteiger partial charge in [-0.3, -0.25) is 0 Å². The van der Waals surface area contributed by atoms with Crippen LogP contribution in [-0.2, 0) is 11.2 Å². The van der Waals surface area contributed by atoms with E-state index >= 15 is 0 Å². The van der Waals surface area contributed by atoms with E-state index in [4.69, 9.17) is 0 Å². The van der Waals surface area contributed by atoms with Crippen molar-refractivity contribution in [3.05, 3.63) is 35.4 Å². The Morgan fingerprint density at radius 2 is 2.31 bits per heavy atom. The summed E-state index contributed by atoms with van der Waals surface area (Å²) in [6, 6.07) is 8.23. The first-order valence-corrected chi connectivity index (χ1v) is 4.23. The lowest BCUT2D eigenvalue weighted by atomic mass is 9.83. The standard InChI is InChI=1S/C10H11NO2/c1-13-10(12)11-9-6-7-4-2-3-5-8(7)9/h2-5,9H,6H2,1H3,(H,11,12). The van der Waals surface area contributed by atoms with Crippen molar-refractivity contribution in [2.45, 2.75) is 12.5 Å². The van der Waals surface area contributed by atoms with Crippen molar-refractivity contribution in [2.24, 2.45) is 0 Å². The van der Waals surface area contributed by atoms with E-state index < -0.39 is 0 Å². The molecule has 0 radical (unpaired) electrons. The van der Waals surface area contributed by atoms with E-state index in [0.29, 0.717) is 0 Å². The molecule has 13 heavy (non-hydrogen) atoms. The van der Waals surface area contributed by atoms with Crippen LogP contribution in [0.5, 0.6) is 0 Å². The summed E-state index contributed by atoms with van der Waals surface area (Å²) in [4.78, 5) is 10.9. The molecule has 0 spiro atoms. The summed E-state index contributed by atoms with van der Waals surface area (Å²) in [5.41, 5.74) is 2.51. The molecule has 3 nitrogen and oxygen atoms in total. The fourth-order valence-corrected chi connectivity index (χ4v) is 1.59. The monoisotopic (exact) mass is 177 g/mol. The maximum Gasteiger partial charge on any atom is 0.407 e. The van der Waals surface area contributed by atoms with Gasteiger partial charge in [0, 0.05) is 0 Å². The second-order valence-corrected chi connectivity index (χ2v) is 3.09. The van der Waals surface area contributed by atoms with Crippen molar-refractivity contribution in [2.75, 3.05) is 7.11 Å². The van der Waals surface area contributed by atoms with Crippen molar-refractivity contribution in [3.63, 3.8) is 0 Å². The van der Waals surface area contributed by atoms with Gasteiger partial charge in [0.05, 0.1) is 13.2 Å². The van der Waals surface area contributed by atoms with Gasteiger partial charge in [-0.25, -0.2) is 4.79 Å². The van der Waals surface area contributed by atoms with Gasteiger partial charge in [0.1, 0.15) is 0 Å². The van der Waals surface area contributed by atoms with Gasteiger partial charge in [-0.2, -0.15) is 0 Å². The molecule has 1 unspecified atom stereocenters. The number of fused-ring (bicyclic) bond motifs is 1. The Morgan fingerprint density at radius 1 is 1.54 bits per heavy atom. The number of amides is 1. The average molecular weight is 177 g/mol. The van der Waals surface area contributed by atoms with Gasteiger partial charge in [0.2, 0.25) is 0 Å². The number of methoxy groups -OCH3 is 1. The molecule has 3 heteroatoms. The molecule has 68 valence electrons. The molecule has 1 aliphatic rings. The summed E-state index contributed by atoms with van der Waals surface area (Å²) in [5, 5.41) is 2.76. The summed E-state index contributed by atoms with van der Waals surface area (Å²) in [6.07, 6.45) is 0.546. The molecular weight excluding hydrogens is 166 g/mol. The number of ether oxygens (including phenoxy) is 1. The SMILES string of the molecule is COC(=O)NC1Cc2ccccc21. The average Bonchev–Trinajstić information content (AvgIpc) is 2.14. The van der Waals surface area contributed by atoms with E-state index in [1.54, 1.807) is 0 Å². The molecule has 1 amide bonds. The van der Waals surface area contributed by atoms with E-state index in [2.05, 4.69) is 16.1 Å². The number of benzene rings is 1. The quantitative estimate of drug-likeness (QED) is 0.708. The van der Waals surface area contributed by atoms with Gasteiger partial charge in [0.25, 0.3) is 0 Å². The Hall–Kier alpha value is -1.51. The third kappa shape index (κ3) is 1.37. The molecule has 0 heterocycles. The molecule has 0 fully saturated rings. The summed E-state index contributed by atoms with van der Waals surface area (Å²) < 4.78 is 4.52. The first kappa shape index (κ1) is 8.10. The lowest BCUT2D eigenvalue weighted by molar-refractivity contribution is 0.165. The Balaban J connectivity index is 2.05. The lowest BCUT2D eigenvalue weighted by Gasteiger charge is -2.29. The Morgan fingerprint density at radius 3 is 3.00 bits per heavy atom. The molecule has 0 saturated carbocycles. The van der Waals surface area contributed by atoms with Crippen LogP contribution < -0.4 is 5.32 Å². The Bertz CT molecular complexity index is 335. The molecule has 0 aromatic heterocycles. The summed E-state index contributed by atoms with van der Waals surface area (Å²) in [6.45, 7) is 0. The highest BCUT2D eigenvalue weighted by atomic mass is 16.5. The van der Waals surface area contributed by atoms with Crippen LogP contribution in [0.2, 0.25) is 0 Å². The van der Waals surface area contributed by atoms with Crippen LogP contribution in [0.1, 0.15) is 17.2 Å². The number of carbonyl (C=O) groups is 1. The molecule has 1 atom stereocenters. The van der Waals surface area contributed by atoms with Crippen LogP contribution in [0, 0.1) is 0 Å². The minimum Gasteiger partial charge on any atom is -0.453 e. The first-order valence-electron chi connectivity index (χ1n) is 4.23. The fourth-order valence-electron chi connectivity index (χ4n) is 1.59. The number of hydrogen-bond acceptors (Lipinski definition) is 2. The van der Waals surface area contributed by atoms with E-state index in [9.17, 15) is 4.79 Å². The third-order valence-corrected chi connectivity index (χ3v) is 2.33. The minimum atomic E-state index is -0.362. The Labute approximate surface area is 76.7 Å². The zero-order valence-corrected chi connectivity index (χ0v) is 7.41. The second-order valence-electron chi connectivity index (χ2n) is 3.09. The van der Waals surface area contributed by atoms with Gasteiger partial charge in [-0.05, 0) is 17.5 Å². The highest BCUT2D eigenvalue weighted by Gasteiger charge is 2.26. The maximum absolute atomic E-state index is 10.9. The van der Waals surface area contributed by atoms with E-state index in [1.807, 2.05) is 18.2 Å². The van der Waals surface area contributed by atoms with E-state index in [1.165, 1.54) is 18.2 Å². The second kappa shape index (κ2) is 3.09. The van der Waals surface area contributed by atoms with Crippen molar-refractivity contribution < 1.29 is 9.53 Å². The number of hydrogen-bond donors (Lipinski definition) is 1. The fraction of sp³-hybridized carbons (Fsp3) is 0.300. The molecule has 2 rings (SSSR count). The predicted molar refractivity (Wildman–Crippen MR) is 48.4 cm³/mol. The summed E-state index contributed by atoms with van der Waals surface area (Å²) >= 11 is 0. The normalized spacial score (nSPS) is 18.4. The van der Waals surface area contributed by atoms with E-state index in [-0.39, 0.29) is 12.1 Å². The molecule has 1 N–H and O–H groups in total. The number of carbonyl (C=O) groups excluding carboxylic acids is 1. The zero-order chi connectivity index (χ0) is 9.26. The van der Waals surface area contributed by atoms with Crippen LogP contribution in [0.4, 0.5) is 4.79 Å². The molecule has 1 aromatic carbocycles. The highest BCUT2D eigenvalue weighted by molar-refractivity contribution is 5.68. The zero-order valence-electron chi connectivity index (χ0n) is 7.41. The van der Waals surface area contributed by atoms with Crippen LogP contribution in [0.25, 0.3) is 0 Å². The lowest BCUT2D eigenvalue weighted by Crippen LogP contribution is -2.35. The van der Waals surface area contributed by atoms with Gasteiger partial charge < -0.3 is 10.1 Å². The van der Waals surface area contributed by atoms with Crippen LogP contribution in [0.3, 0.4) is 0 Å². The first-order chi connectivity index (χ1) is 6.31. The van der Waals surface area contributed by atoms with Crippen molar-refractivity contribution in [3.8, 4) is 0 Å². The van der Waals surface area contributed by atoms with Crippen LogP contribution in [-0.4, -0.2) is 13.2 Å². The molecule has 1 aromatic rings. The number of nitrogens with one attached hydrogen (secondary N) is 1. The number of rotatable bonds is 1. The van der Waals surface area contributed by atoms with Crippen molar-refractivity contribution in [1.29, 1.82) is 0 Å². The van der Waals surface area contributed by atoms with Crippen molar-refractivity contribution >= 4 is 6.09 Å². The largest absolute Gasteiger partial charge is 0.453 e. The third-order valence-electron chi connectivity index (χ3n) is 2.33. The molecule has 1 aliphatic carbocycles. The van der Waals surface area contributed by atoms with Gasteiger partial charge in [-0.15, -0.1) is 0 Å². The molecular formula is C10H11NO2. The topological polar surface area (TPSA) is 38.3 Å². The highest BCUT2D eigenvalue weighted by Crippen LogP contribution is 2.32. The van der Waals surface area contributed by atoms with Crippen LogP contribution in [0.15, 0.2) is 24.3 Å². The summed E-state index contributed by atoms with van der Waals surface area (Å²) in [5.74, 6) is 0. The number of alkyl carbamates (subject to hydrolysis) is 1. The maximum atomic E-state index is 10.9. The molecule has 0 saturated heterocycles.